The minimum Gasteiger partial charge on any atom is -0.492 e. The molecule has 6 heteroatoms. The topological polar surface area (TPSA) is 53.9 Å². The van der Waals surface area contributed by atoms with Gasteiger partial charge in [0, 0.05) is 17.6 Å². The van der Waals surface area contributed by atoms with Gasteiger partial charge in [0.2, 0.25) is 5.91 Å². The summed E-state index contributed by atoms with van der Waals surface area (Å²) in [6, 6.07) is 7.92. The van der Waals surface area contributed by atoms with E-state index in [1.807, 2.05) is 24.3 Å². The first-order chi connectivity index (χ1) is 10.8. The van der Waals surface area contributed by atoms with Crippen molar-refractivity contribution in [2.24, 2.45) is 10.9 Å². The van der Waals surface area contributed by atoms with Crippen molar-refractivity contribution >= 4 is 22.8 Å². The van der Waals surface area contributed by atoms with Crippen molar-refractivity contribution in [2.75, 3.05) is 26.2 Å². The standard InChI is InChI=1S/C16H17N3O2S/c20-15(12-7-11-3-1-2-4-14(11)21-9-12)18-8-13-10-22-16-17-5-6-19(13)16/h1-4,10,12H,5-9H2,(H,18,20)/t12-/m0/s1. The Morgan fingerprint density at radius 1 is 1.45 bits per heavy atom. The first-order valence-corrected chi connectivity index (χ1v) is 8.35. The van der Waals surface area contributed by atoms with E-state index in [0.29, 0.717) is 13.2 Å². The van der Waals surface area contributed by atoms with E-state index in [4.69, 9.17) is 4.74 Å². The number of benzene rings is 1. The van der Waals surface area contributed by atoms with Gasteiger partial charge in [0.25, 0.3) is 0 Å². The number of amidine groups is 1. The van der Waals surface area contributed by atoms with Crippen LogP contribution in [0.4, 0.5) is 0 Å². The predicted molar refractivity (Wildman–Crippen MR) is 86.8 cm³/mol. The van der Waals surface area contributed by atoms with Gasteiger partial charge in [0.05, 0.1) is 19.0 Å². The molecule has 3 heterocycles. The van der Waals surface area contributed by atoms with Gasteiger partial charge in [0.15, 0.2) is 5.17 Å². The van der Waals surface area contributed by atoms with Crippen molar-refractivity contribution < 1.29 is 9.53 Å². The number of nitrogens with zero attached hydrogens (tertiary/aromatic N) is 2. The molecule has 0 unspecified atom stereocenters. The summed E-state index contributed by atoms with van der Waals surface area (Å²) in [6.07, 6.45) is 0.742. The van der Waals surface area contributed by atoms with Gasteiger partial charge >= 0.3 is 0 Å². The van der Waals surface area contributed by atoms with Crippen molar-refractivity contribution in [3.63, 3.8) is 0 Å². The van der Waals surface area contributed by atoms with E-state index < -0.39 is 0 Å². The molecule has 0 bridgehead atoms. The Kier molecular flexibility index (Phi) is 3.54. The number of aliphatic imine (C=N–C) groups is 1. The second kappa shape index (κ2) is 5.68. The van der Waals surface area contributed by atoms with E-state index in [1.165, 1.54) is 0 Å². The number of hydrogen-bond donors (Lipinski definition) is 1. The fraction of sp³-hybridized carbons (Fsp3) is 0.375. The summed E-state index contributed by atoms with van der Waals surface area (Å²) in [7, 11) is 0. The lowest BCUT2D eigenvalue weighted by atomic mass is 9.96. The number of para-hydroxylation sites is 1. The molecule has 22 heavy (non-hydrogen) atoms. The third-order valence-electron chi connectivity index (χ3n) is 4.14. The highest BCUT2D eigenvalue weighted by Gasteiger charge is 2.29. The van der Waals surface area contributed by atoms with E-state index in [2.05, 4.69) is 20.6 Å². The number of ether oxygens (including phenoxy) is 1. The average molecular weight is 315 g/mol. The van der Waals surface area contributed by atoms with Crippen LogP contribution >= 0.6 is 11.8 Å². The zero-order chi connectivity index (χ0) is 14.9. The summed E-state index contributed by atoms with van der Waals surface area (Å²) in [5.74, 6) is 0.848. The zero-order valence-corrected chi connectivity index (χ0v) is 12.9. The van der Waals surface area contributed by atoms with Gasteiger partial charge in [-0.1, -0.05) is 30.0 Å². The molecule has 1 atom stereocenters. The normalized spacial score (nSPS) is 22.4. The molecule has 4 rings (SSSR count). The Balaban J connectivity index is 1.35. The lowest BCUT2D eigenvalue weighted by Crippen LogP contribution is -2.39. The second-order valence-corrected chi connectivity index (χ2v) is 6.42. The van der Waals surface area contributed by atoms with Gasteiger partial charge in [-0.2, -0.15) is 0 Å². The van der Waals surface area contributed by atoms with Crippen LogP contribution in [0.2, 0.25) is 0 Å². The van der Waals surface area contributed by atoms with Crippen LogP contribution in [-0.2, 0) is 11.2 Å². The van der Waals surface area contributed by atoms with Crippen LogP contribution in [0.3, 0.4) is 0 Å². The monoisotopic (exact) mass is 315 g/mol. The molecule has 0 saturated heterocycles. The number of carbonyl (C=O) groups is 1. The molecule has 1 amide bonds. The van der Waals surface area contributed by atoms with Crippen molar-refractivity contribution in [3.8, 4) is 5.75 Å². The Labute approximate surface area is 133 Å². The van der Waals surface area contributed by atoms with Gasteiger partial charge in [-0.3, -0.25) is 9.79 Å². The Morgan fingerprint density at radius 3 is 3.32 bits per heavy atom. The molecule has 0 aliphatic carbocycles. The summed E-state index contributed by atoms with van der Waals surface area (Å²) in [6.45, 7) is 2.78. The van der Waals surface area contributed by atoms with Crippen molar-refractivity contribution in [2.45, 2.75) is 6.42 Å². The first-order valence-electron chi connectivity index (χ1n) is 7.47. The van der Waals surface area contributed by atoms with Gasteiger partial charge in [-0.05, 0) is 18.1 Å². The van der Waals surface area contributed by atoms with Crippen LogP contribution in [0.15, 0.2) is 40.4 Å². The summed E-state index contributed by atoms with van der Waals surface area (Å²) in [5.41, 5.74) is 2.24. The van der Waals surface area contributed by atoms with E-state index >= 15 is 0 Å². The number of thioether (sulfide) groups is 1. The summed E-state index contributed by atoms with van der Waals surface area (Å²) in [4.78, 5) is 19.0. The largest absolute Gasteiger partial charge is 0.492 e. The highest BCUT2D eigenvalue weighted by atomic mass is 32.2. The molecular weight excluding hydrogens is 298 g/mol. The minimum absolute atomic E-state index is 0.0602. The third kappa shape index (κ3) is 2.47. The Bertz CT molecular complexity index is 671. The highest BCUT2D eigenvalue weighted by molar-refractivity contribution is 8.16. The molecule has 5 nitrogen and oxygen atoms in total. The van der Waals surface area contributed by atoms with Gasteiger partial charge in [-0.15, -0.1) is 0 Å². The first kappa shape index (κ1) is 13.7. The van der Waals surface area contributed by atoms with Crippen molar-refractivity contribution in [3.05, 3.63) is 40.9 Å². The molecule has 0 aromatic heterocycles. The molecule has 3 aliphatic rings. The van der Waals surface area contributed by atoms with Gasteiger partial charge < -0.3 is 15.0 Å². The molecule has 1 aromatic rings. The molecule has 1 aromatic carbocycles. The average Bonchev–Trinajstić information content (AvgIpc) is 3.16. The highest BCUT2D eigenvalue weighted by Crippen LogP contribution is 2.29. The van der Waals surface area contributed by atoms with Crippen molar-refractivity contribution in [1.29, 1.82) is 0 Å². The molecule has 0 radical (unpaired) electrons. The van der Waals surface area contributed by atoms with Gasteiger partial charge in [-0.25, -0.2) is 0 Å². The molecular formula is C16H17N3O2S. The number of carbonyl (C=O) groups excluding carboxylic acids is 1. The molecule has 0 spiro atoms. The van der Waals surface area contributed by atoms with Crippen LogP contribution in [0, 0.1) is 5.92 Å². The molecule has 114 valence electrons. The lowest BCUT2D eigenvalue weighted by Gasteiger charge is -2.25. The maximum absolute atomic E-state index is 12.4. The SMILES string of the molecule is O=C(NCC1=CSC2=NCCN12)[C@@H]1COc2ccccc2C1. The number of rotatable bonds is 3. The van der Waals surface area contributed by atoms with Crippen LogP contribution in [-0.4, -0.2) is 42.2 Å². The third-order valence-corrected chi connectivity index (χ3v) is 5.09. The summed E-state index contributed by atoms with van der Waals surface area (Å²) < 4.78 is 5.69. The number of fused-ring (bicyclic) bond motifs is 2. The number of amides is 1. The summed E-state index contributed by atoms with van der Waals surface area (Å²) >= 11 is 1.64. The van der Waals surface area contributed by atoms with Crippen LogP contribution in [0.1, 0.15) is 5.56 Å². The van der Waals surface area contributed by atoms with E-state index in [-0.39, 0.29) is 11.8 Å². The number of hydrogen-bond acceptors (Lipinski definition) is 5. The molecule has 3 aliphatic heterocycles. The zero-order valence-electron chi connectivity index (χ0n) is 12.1. The molecule has 0 saturated carbocycles. The molecule has 0 fully saturated rings. The second-order valence-electron chi connectivity index (χ2n) is 5.58. The molecule has 1 N–H and O–H groups in total. The lowest BCUT2D eigenvalue weighted by molar-refractivity contribution is -0.126. The Morgan fingerprint density at radius 2 is 2.36 bits per heavy atom. The van der Waals surface area contributed by atoms with E-state index in [9.17, 15) is 4.79 Å². The Hall–Kier alpha value is -1.95. The van der Waals surface area contributed by atoms with Crippen LogP contribution in [0.5, 0.6) is 5.75 Å². The van der Waals surface area contributed by atoms with Crippen LogP contribution < -0.4 is 10.1 Å². The fourth-order valence-electron chi connectivity index (χ4n) is 2.93. The van der Waals surface area contributed by atoms with Gasteiger partial charge in [0.1, 0.15) is 12.4 Å². The minimum atomic E-state index is -0.115. The smallest absolute Gasteiger partial charge is 0.227 e. The van der Waals surface area contributed by atoms with Crippen molar-refractivity contribution in [1.82, 2.24) is 10.2 Å². The van der Waals surface area contributed by atoms with Crippen LogP contribution in [0.25, 0.3) is 0 Å². The quantitative estimate of drug-likeness (QED) is 0.921. The van der Waals surface area contributed by atoms with E-state index in [0.717, 1.165) is 41.7 Å². The maximum Gasteiger partial charge on any atom is 0.227 e. The predicted octanol–water partition coefficient (Wildman–Crippen LogP) is 1.61. The fourth-order valence-corrected chi connectivity index (χ4v) is 3.89. The van der Waals surface area contributed by atoms with E-state index in [1.54, 1.807) is 11.8 Å². The number of nitrogens with one attached hydrogen (secondary N) is 1. The maximum atomic E-state index is 12.4. The summed E-state index contributed by atoms with van der Waals surface area (Å²) in [5, 5.41) is 6.17.